The van der Waals surface area contributed by atoms with Crippen LogP contribution in [-0.4, -0.2) is 57.5 Å². The van der Waals surface area contributed by atoms with Gasteiger partial charge in [0, 0.05) is 38.4 Å². The first-order chi connectivity index (χ1) is 12.1. The van der Waals surface area contributed by atoms with Crippen LogP contribution in [0, 0.1) is 11.8 Å². The third-order valence-corrected chi connectivity index (χ3v) is 5.65. The van der Waals surface area contributed by atoms with Crippen molar-refractivity contribution < 1.29 is 4.79 Å². The van der Waals surface area contributed by atoms with E-state index in [1.807, 2.05) is 24.4 Å². The highest BCUT2D eigenvalue weighted by Gasteiger charge is 2.33. The van der Waals surface area contributed by atoms with E-state index in [4.69, 9.17) is 0 Å². The van der Waals surface area contributed by atoms with E-state index < -0.39 is 0 Å². The molecule has 5 heteroatoms. The van der Waals surface area contributed by atoms with Crippen molar-refractivity contribution in [3.05, 3.63) is 36.2 Å². The molecule has 0 radical (unpaired) electrons. The Morgan fingerprint density at radius 3 is 2.88 bits per heavy atom. The molecule has 0 spiro atoms. The predicted molar refractivity (Wildman–Crippen MR) is 98.6 cm³/mol. The van der Waals surface area contributed by atoms with E-state index in [9.17, 15) is 4.79 Å². The number of rotatable bonds is 4. The zero-order valence-corrected chi connectivity index (χ0v) is 15.3. The minimum absolute atomic E-state index is 0.125. The molecule has 3 heterocycles. The molecule has 1 atom stereocenters. The molecule has 1 saturated heterocycles. The van der Waals surface area contributed by atoms with Gasteiger partial charge in [0.1, 0.15) is 0 Å². The summed E-state index contributed by atoms with van der Waals surface area (Å²) in [6.45, 7) is 8.56. The number of hydrogen-bond acceptors (Lipinski definition) is 3. The lowest BCUT2D eigenvalue weighted by Crippen LogP contribution is -2.46. The zero-order valence-electron chi connectivity index (χ0n) is 15.3. The van der Waals surface area contributed by atoms with Gasteiger partial charge in [0.2, 0.25) is 0 Å². The summed E-state index contributed by atoms with van der Waals surface area (Å²) in [6.07, 6.45) is 7.43. The second-order valence-electron chi connectivity index (χ2n) is 7.94. The highest BCUT2D eigenvalue weighted by atomic mass is 16.2. The summed E-state index contributed by atoms with van der Waals surface area (Å²) in [4.78, 5) is 17.9. The van der Waals surface area contributed by atoms with Gasteiger partial charge in [0.05, 0.1) is 17.3 Å². The van der Waals surface area contributed by atoms with Crippen LogP contribution in [0.4, 0.5) is 0 Å². The van der Waals surface area contributed by atoms with E-state index in [1.54, 1.807) is 10.7 Å². The Morgan fingerprint density at radius 1 is 1.28 bits per heavy atom. The van der Waals surface area contributed by atoms with Gasteiger partial charge in [-0.05, 0) is 43.2 Å². The summed E-state index contributed by atoms with van der Waals surface area (Å²) in [5.74, 6) is 1.57. The van der Waals surface area contributed by atoms with Crippen molar-refractivity contribution in [3.63, 3.8) is 0 Å². The fourth-order valence-corrected chi connectivity index (χ4v) is 4.01. The number of amides is 1. The average Bonchev–Trinajstić information content (AvgIpc) is 3.36. The molecule has 2 aromatic heterocycles. The quantitative estimate of drug-likeness (QED) is 0.859. The first kappa shape index (κ1) is 16.6. The highest BCUT2D eigenvalue weighted by Crippen LogP contribution is 2.32. The molecule has 0 aromatic carbocycles. The first-order valence-electron chi connectivity index (χ1n) is 9.59. The van der Waals surface area contributed by atoms with Gasteiger partial charge in [-0.25, -0.2) is 4.52 Å². The Hall–Kier alpha value is -1.88. The third kappa shape index (κ3) is 3.43. The van der Waals surface area contributed by atoms with E-state index in [0.29, 0.717) is 12.0 Å². The summed E-state index contributed by atoms with van der Waals surface area (Å²) in [7, 11) is 0. The van der Waals surface area contributed by atoms with E-state index in [1.165, 1.54) is 19.4 Å². The number of aromatic nitrogens is 2. The molecule has 0 N–H and O–H groups in total. The largest absolute Gasteiger partial charge is 0.337 e. The molecule has 25 heavy (non-hydrogen) atoms. The maximum absolute atomic E-state index is 13.2. The molecule has 5 nitrogen and oxygen atoms in total. The molecule has 2 fully saturated rings. The smallest absolute Gasteiger partial charge is 0.257 e. The Kier molecular flexibility index (Phi) is 4.50. The number of carbonyl (C=O) groups is 1. The fourth-order valence-electron chi connectivity index (χ4n) is 4.01. The van der Waals surface area contributed by atoms with Gasteiger partial charge >= 0.3 is 0 Å². The Labute approximate surface area is 149 Å². The molecular formula is C20H28N4O. The summed E-state index contributed by atoms with van der Waals surface area (Å²) < 4.78 is 1.78. The van der Waals surface area contributed by atoms with Crippen molar-refractivity contribution in [1.29, 1.82) is 0 Å². The summed E-state index contributed by atoms with van der Waals surface area (Å²) >= 11 is 0. The van der Waals surface area contributed by atoms with Crippen LogP contribution in [0.25, 0.3) is 5.52 Å². The third-order valence-electron chi connectivity index (χ3n) is 5.65. The van der Waals surface area contributed by atoms with E-state index in [2.05, 4.69) is 28.7 Å². The second-order valence-corrected chi connectivity index (χ2v) is 7.94. The molecular weight excluding hydrogens is 312 g/mol. The van der Waals surface area contributed by atoms with Crippen molar-refractivity contribution in [2.75, 3.05) is 26.2 Å². The van der Waals surface area contributed by atoms with Crippen LogP contribution < -0.4 is 0 Å². The number of pyridine rings is 1. The number of nitrogens with zero attached hydrogens (tertiary/aromatic N) is 4. The van der Waals surface area contributed by atoms with Crippen LogP contribution in [0.15, 0.2) is 30.6 Å². The van der Waals surface area contributed by atoms with Crippen molar-refractivity contribution in [3.8, 4) is 0 Å². The first-order valence-corrected chi connectivity index (χ1v) is 9.59. The summed E-state index contributed by atoms with van der Waals surface area (Å²) in [5, 5.41) is 4.33. The second kappa shape index (κ2) is 6.79. The van der Waals surface area contributed by atoms with Crippen LogP contribution >= 0.6 is 0 Å². The van der Waals surface area contributed by atoms with Crippen LogP contribution in [0.5, 0.6) is 0 Å². The summed E-state index contributed by atoms with van der Waals surface area (Å²) in [5.41, 5.74) is 1.62. The molecule has 4 rings (SSSR count). The molecule has 1 aliphatic heterocycles. The zero-order chi connectivity index (χ0) is 17.4. The topological polar surface area (TPSA) is 40.9 Å². The lowest BCUT2D eigenvalue weighted by molar-refractivity contribution is 0.0706. The minimum Gasteiger partial charge on any atom is -0.337 e. The van der Waals surface area contributed by atoms with Crippen molar-refractivity contribution in [2.24, 2.45) is 11.8 Å². The van der Waals surface area contributed by atoms with Crippen LogP contribution in [0.3, 0.4) is 0 Å². The lowest BCUT2D eigenvalue weighted by atomic mass is 10.0. The minimum atomic E-state index is 0.125. The monoisotopic (exact) mass is 340 g/mol. The SMILES string of the molecule is CC(C)C1CN(C(=O)c2cnn3ccccc23)CCCN1CC1CC1. The molecule has 1 aliphatic carbocycles. The maximum Gasteiger partial charge on any atom is 0.257 e. The average molecular weight is 340 g/mol. The van der Waals surface area contributed by atoms with Crippen molar-refractivity contribution in [1.82, 2.24) is 19.4 Å². The van der Waals surface area contributed by atoms with Gasteiger partial charge in [0.25, 0.3) is 5.91 Å². The molecule has 2 aromatic rings. The molecule has 1 amide bonds. The molecule has 0 bridgehead atoms. The molecule has 2 aliphatic rings. The van der Waals surface area contributed by atoms with Gasteiger partial charge in [-0.1, -0.05) is 19.9 Å². The van der Waals surface area contributed by atoms with Gasteiger partial charge in [0.15, 0.2) is 0 Å². The lowest BCUT2D eigenvalue weighted by Gasteiger charge is -2.34. The Morgan fingerprint density at radius 2 is 2.12 bits per heavy atom. The van der Waals surface area contributed by atoms with Gasteiger partial charge in [-0.15, -0.1) is 0 Å². The van der Waals surface area contributed by atoms with Crippen LogP contribution in [-0.2, 0) is 0 Å². The molecule has 1 saturated carbocycles. The van der Waals surface area contributed by atoms with Crippen molar-refractivity contribution in [2.45, 2.75) is 39.2 Å². The van der Waals surface area contributed by atoms with Crippen molar-refractivity contribution >= 4 is 11.4 Å². The Balaban J connectivity index is 1.55. The maximum atomic E-state index is 13.2. The van der Waals surface area contributed by atoms with Gasteiger partial charge in [-0.2, -0.15) is 5.10 Å². The number of carbonyl (C=O) groups excluding carboxylic acids is 1. The standard InChI is InChI=1S/C20H28N4O/c1-15(2)19-14-23(10-5-9-22(19)13-16-7-8-16)20(25)17-12-21-24-11-4-3-6-18(17)24/h3-4,6,11-12,15-16,19H,5,7-10,13-14H2,1-2H3. The highest BCUT2D eigenvalue weighted by molar-refractivity contribution is 6.00. The Bertz CT molecular complexity index is 749. The van der Waals surface area contributed by atoms with E-state index in [-0.39, 0.29) is 5.91 Å². The predicted octanol–water partition coefficient (Wildman–Crippen LogP) is 2.92. The van der Waals surface area contributed by atoms with E-state index in [0.717, 1.165) is 43.1 Å². The fraction of sp³-hybridized carbons (Fsp3) is 0.600. The van der Waals surface area contributed by atoms with Crippen LogP contribution in [0.2, 0.25) is 0 Å². The number of hydrogen-bond donors (Lipinski definition) is 0. The normalized spacial score (nSPS) is 22.5. The van der Waals surface area contributed by atoms with Gasteiger partial charge in [-0.3, -0.25) is 9.69 Å². The molecule has 134 valence electrons. The summed E-state index contributed by atoms with van der Waals surface area (Å²) in [6, 6.07) is 6.32. The van der Waals surface area contributed by atoms with E-state index >= 15 is 0 Å². The number of fused-ring (bicyclic) bond motifs is 1. The van der Waals surface area contributed by atoms with Gasteiger partial charge < -0.3 is 4.90 Å². The van der Waals surface area contributed by atoms with Crippen LogP contribution in [0.1, 0.15) is 43.5 Å². The molecule has 1 unspecified atom stereocenters.